The lowest BCUT2D eigenvalue weighted by Gasteiger charge is -2.02. The van der Waals surface area contributed by atoms with Crippen molar-refractivity contribution in [2.75, 3.05) is 5.75 Å². The quantitative estimate of drug-likeness (QED) is 0.306. The van der Waals surface area contributed by atoms with Gasteiger partial charge in [0.15, 0.2) is 0 Å². The highest BCUT2D eigenvalue weighted by molar-refractivity contribution is 7.85. The normalized spacial score (nSPS) is 10.9. The monoisotopic (exact) mass is 499 g/mol. The molecule has 0 aliphatic heterocycles. The van der Waals surface area contributed by atoms with Gasteiger partial charge < -0.3 is 14.6 Å². The summed E-state index contributed by atoms with van der Waals surface area (Å²) in [5, 5.41) is 27.3. The van der Waals surface area contributed by atoms with Crippen LogP contribution >= 0.6 is 0 Å². The zero-order chi connectivity index (χ0) is 26.1. The third-order valence-electron chi connectivity index (χ3n) is 3.45. The average Bonchev–Trinajstić information content (AvgIpc) is 3.04. The second kappa shape index (κ2) is 12.0. The summed E-state index contributed by atoms with van der Waals surface area (Å²) in [4.78, 5) is 30.6. The molecule has 2 aromatic rings. The molecule has 11 nitrogen and oxygen atoms in total. The van der Waals surface area contributed by atoms with E-state index in [0.717, 1.165) is 6.07 Å². The molecule has 0 unspecified atom stereocenters. The first-order valence-electron chi connectivity index (χ1n) is 8.75. The van der Waals surface area contributed by atoms with E-state index >= 15 is 0 Å². The van der Waals surface area contributed by atoms with Gasteiger partial charge in [0.05, 0.1) is 16.2 Å². The highest BCUT2D eigenvalue weighted by Gasteiger charge is 2.40. The fourth-order valence-electron chi connectivity index (χ4n) is 2.13. The van der Waals surface area contributed by atoms with E-state index in [0.29, 0.717) is 12.0 Å². The van der Waals surface area contributed by atoms with Gasteiger partial charge in [0.1, 0.15) is 11.3 Å². The van der Waals surface area contributed by atoms with Crippen molar-refractivity contribution in [1.82, 2.24) is 0 Å². The van der Waals surface area contributed by atoms with E-state index in [1.165, 1.54) is 32.0 Å². The number of benzene rings is 1. The molecule has 15 heteroatoms. The molecule has 0 atom stereocenters. The molecule has 0 aliphatic rings. The van der Waals surface area contributed by atoms with Crippen LogP contribution in [-0.4, -0.2) is 45.8 Å². The standard InChI is InChI=1S/C8H7NO4.C7H5F3O3.C3H8O3S/c1-5-4-6(8(10)11)2-3-7(5)9(12)13;1-3-2-4(6(11)12)5(13-3)7(8,9)10;1-2-3-7(4,5)6/h2-4H,1H3,(H,10,11);2H,1H3,(H,11,12);2-3H2,1H3,(H,4,5,6). The predicted octanol–water partition coefficient (Wildman–Crippen LogP) is 4.19. The average molecular weight is 499 g/mol. The van der Waals surface area contributed by atoms with Crippen LogP contribution in [0.25, 0.3) is 0 Å². The van der Waals surface area contributed by atoms with Gasteiger partial charge >= 0.3 is 18.1 Å². The molecule has 0 amide bonds. The Kier molecular flexibility index (Phi) is 10.7. The van der Waals surface area contributed by atoms with Gasteiger partial charge in [-0.3, -0.25) is 14.7 Å². The summed E-state index contributed by atoms with van der Waals surface area (Å²) < 4.78 is 68.0. The van der Waals surface area contributed by atoms with Gasteiger partial charge in [-0.1, -0.05) is 6.92 Å². The predicted molar refractivity (Wildman–Crippen MR) is 107 cm³/mol. The minimum atomic E-state index is -4.76. The number of rotatable bonds is 5. The van der Waals surface area contributed by atoms with Crippen LogP contribution < -0.4 is 0 Å². The number of furan rings is 1. The van der Waals surface area contributed by atoms with Gasteiger partial charge in [-0.15, -0.1) is 0 Å². The molecule has 1 heterocycles. The van der Waals surface area contributed by atoms with Gasteiger partial charge in [-0.25, -0.2) is 9.59 Å². The number of alkyl halides is 3. The minimum Gasteiger partial charge on any atom is -0.478 e. The Morgan fingerprint density at radius 3 is 1.94 bits per heavy atom. The summed E-state index contributed by atoms with van der Waals surface area (Å²) >= 11 is 0. The first-order chi connectivity index (χ1) is 14.9. The van der Waals surface area contributed by atoms with Crippen molar-refractivity contribution in [2.24, 2.45) is 0 Å². The van der Waals surface area contributed by atoms with Crippen LogP contribution in [0.3, 0.4) is 0 Å². The molecule has 184 valence electrons. The molecular weight excluding hydrogens is 479 g/mol. The number of carboxylic acid groups (broad SMARTS) is 2. The second-order valence-electron chi connectivity index (χ2n) is 6.25. The van der Waals surface area contributed by atoms with Crippen LogP contribution in [0.5, 0.6) is 0 Å². The summed E-state index contributed by atoms with van der Waals surface area (Å²) in [6.45, 7) is 4.44. The molecule has 0 aliphatic carbocycles. The number of hydrogen-bond acceptors (Lipinski definition) is 7. The number of aryl methyl sites for hydroxylation is 2. The number of carbonyl (C=O) groups is 2. The number of nitrogens with zero attached hydrogens (tertiary/aromatic N) is 1. The van der Waals surface area contributed by atoms with Crippen LogP contribution in [-0.2, 0) is 16.3 Å². The van der Waals surface area contributed by atoms with Gasteiger partial charge in [-0.2, -0.15) is 21.6 Å². The van der Waals surface area contributed by atoms with E-state index in [2.05, 4.69) is 4.42 Å². The van der Waals surface area contributed by atoms with E-state index in [1.807, 2.05) is 0 Å². The molecule has 0 saturated carbocycles. The Balaban J connectivity index is 0.000000490. The van der Waals surface area contributed by atoms with Crippen LogP contribution in [0.1, 0.15) is 51.1 Å². The first kappa shape index (κ1) is 29.5. The minimum absolute atomic E-state index is 0.0584. The zero-order valence-electron chi connectivity index (χ0n) is 17.4. The highest BCUT2D eigenvalue weighted by atomic mass is 32.2. The van der Waals surface area contributed by atoms with Crippen molar-refractivity contribution < 1.29 is 55.3 Å². The lowest BCUT2D eigenvalue weighted by Crippen LogP contribution is -2.09. The summed E-state index contributed by atoms with van der Waals surface area (Å²) in [5.74, 6) is -4.41. The molecule has 2 rings (SSSR count). The van der Waals surface area contributed by atoms with Crippen molar-refractivity contribution in [1.29, 1.82) is 0 Å². The van der Waals surface area contributed by atoms with E-state index in [1.54, 1.807) is 6.92 Å². The van der Waals surface area contributed by atoms with Crippen molar-refractivity contribution >= 4 is 27.7 Å². The number of carboxylic acids is 2. The SMILES string of the molecule is CCCS(=O)(=O)O.Cc1cc(C(=O)O)c(C(F)(F)F)o1.Cc1cc(C(=O)O)ccc1[N+](=O)[O-]. The molecule has 33 heavy (non-hydrogen) atoms. The number of nitro benzene ring substituents is 1. The van der Waals surface area contributed by atoms with Crippen LogP contribution in [0.4, 0.5) is 18.9 Å². The molecule has 0 spiro atoms. The Bertz CT molecular complexity index is 1110. The largest absolute Gasteiger partial charge is 0.478 e. The summed E-state index contributed by atoms with van der Waals surface area (Å²) in [6, 6.07) is 4.53. The van der Waals surface area contributed by atoms with Crippen LogP contribution in [0.2, 0.25) is 0 Å². The summed E-state index contributed by atoms with van der Waals surface area (Å²) in [5.41, 5.74) is -0.511. The topological polar surface area (TPSA) is 185 Å². The van der Waals surface area contributed by atoms with Gasteiger partial charge in [0.25, 0.3) is 15.8 Å². The lowest BCUT2D eigenvalue weighted by molar-refractivity contribution is -0.385. The molecule has 0 radical (unpaired) electrons. The fourth-order valence-corrected chi connectivity index (χ4v) is 2.65. The Hall–Kier alpha value is -3.46. The maximum atomic E-state index is 12.1. The molecule has 1 aromatic heterocycles. The Labute approximate surface area is 185 Å². The number of aromatic carboxylic acids is 2. The fraction of sp³-hybridized carbons (Fsp3) is 0.333. The third-order valence-corrected chi connectivity index (χ3v) is 4.37. The number of nitro groups is 1. The van der Waals surface area contributed by atoms with E-state index in [-0.39, 0.29) is 22.8 Å². The first-order valence-corrected chi connectivity index (χ1v) is 10.4. The van der Waals surface area contributed by atoms with Gasteiger partial charge in [0.2, 0.25) is 5.76 Å². The maximum absolute atomic E-state index is 12.1. The highest BCUT2D eigenvalue weighted by Crippen LogP contribution is 2.33. The summed E-state index contributed by atoms with van der Waals surface area (Å²) in [7, 11) is -3.67. The second-order valence-corrected chi connectivity index (χ2v) is 7.82. The number of halogens is 3. The van der Waals surface area contributed by atoms with E-state index in [4.69, 9.17) is 14.8 Å². The molecule has 0 fully saturated rings. The maximum Gasteiger partial charge on any atom is 0.450 e. The van der Waals surface area contributed by atoms with Crippen molar-refractivity contribution in [3.63, 3.8) is 0 Å². The molecular formula is C18H20F3NO10S. The zero-order valence-corrected chi connectivity index (χ0v) is 18.2. The van der Waals surface area contributed by atoms with Gasteiger partial charge in [-0.05, 0) is 38.5 Å². The molecule has 3 N–H and O–H groups in total. The van der Waals surface area contributed by atoms with Crippen LogP contribution in [0, 0.1) is 24.0 Å². The van der Waals surface area contributed by atoms with Crippen molar-refractivity contribution in [2.45, 2.75) is 33.4 Å². The van der Waals surface area contributed by atoms with Gasteiger partial charge in [0, 0.05) is 11.6 Å². The molecule has 1 aromatic carbocycles. The van der Waals surface area contributed by atoms with E-state index < -0.39 is 44.5 Å². The lowest BCUT2D eigenvalue weighted by atomic mass is 10.1. The molecule has 0 bridgehead atoms. The number of hydrogen-bond donors (Lipinski definition) is 3. The van der Waals surface area contributed by atoms with Crippen molar-refractivity contribution in [3.8, 4) is 0 Å². The third kappa shape index (κ3) is 10.6. The van der Waals surface area contributed by atoms with Crippen molar-refractivity contribution in [3.05, 3.63) is 62.6 Å². The molecule has 0 saturated heterocycles. The summed E-state index contributed by atoms with van der Waals surface area (Å²) in [6.07, 6.45) is -4.29. The smallest absolute Gasteiger partial charge is 0.450 e. The van der Waals surface area contributed by atoms with Crippen LogP contribution in [0.15, 0.2) is 28.7 Å². The van der Waals surface area contributed by atoms with E-state index in [9.17, 15) is 41.3 Å². The Morgan fingerprint density at radius 1 is 1.12 bits per heavy atom. The Morgan fingerprint density at radius 2 is 1.67 bits per heavy atom.